The van der Waals surface area contributed by atoms with E-state index < -0.39 is 0 Å². The molecule has 0 spiro atoms. The number of carbonyl (C=O) groups is 1. The maximum atomic E-state index is 12.2. The van der Waals surface area contributed by atoms with E-state index in [2.05, 4.69) is 35.1 Å². The van der Waals surface area contributed by atoms with Crippen LogP contribution in [0.15, 0.2) is 18.2 Å². The molecular formula is C15H21BrClNO. The van der Waals surface area contributed by atoms with Crippen molar-refractivity contribution in [3.05, 3.63) is 34.3 Å². The maximum Gasteiger partial charge on any atom is 0.251 e. The molecule has 0 aliphatic rings. The number of benzene rings is 1. The van der Waals surface area contributed by atoms with Crippen molar-refractivity contribution in [2.75, 3.05) is 11.9 Å². The van der Waals surface area contributed by atoms with E-state index in [0.717, 1.165) is 23.7 Å². The lowest BCUT2D eigenvalue weighted by Crippen LogP contribution is -2.38. The Hall–Kier alpha value is -0.540. The van der Waals surface area contributed by atoms with Crippen molar-refractivity contribution in [1.82, 2.24) is 5.32 Å². The largest absolute Gasteiger partial charge is 0.351 e. The smallest absolute Gasteiger partial charge is 0.251 e. The second-order valence-corrected chi connectivity index (χ2v) is 6.04. The van der Waals surface area contributed by atoms with Gasteiger partial charge in [0.1, 0.15) is 0 Å². The molecule has 0 saturated carbocycles. The molecule has 1 aromatic carbocycles. The Balaban J connectivity index is 2.74. The van der Waals surface area contributed by atoms with Crippen molar-refractivity contribution in [3.8, 4) is 0 Å². The molecule has 2 nitrogen and oxygen atoms in total. The Kier molecular flexibility index (Phi) is 6.34. The molecule has 0 unspecified atom stereocenters. The highest BCUT2D eigenvalue weighted by Gasteiger charge is 2.25. The van der Waals surface area contributed by atoms with E-state index in [0.29, 0.717) is 17.1 Å². The van der Waals surface area contributed by atoms with Gasteiger partial charge in [0.2, 0.25) is 0 Å². The Morgan fingerprint density at radius 2 is 1.95 bits per heavy atom. The fourth-order valence-electron chi connectivity index (χ4n) is 1.97. The highest BCUT2D eigenvalue weighted by Crippen LogP contribution is 2.27. The summed E-state index contributed by atoms with van der Waals surface area (Å²) < 4.78 is 0. The van der Waals surface area contributed by atoms with Crippen LogP contribution < -0.4 is 5.32 Å². The molecule has 0 saturated heterocycles. The van der Waals surface area contributed by atoms with Crippen LogP contribution >= 0.6 is 27.5 Å². The van der Waals surface area contributed by atoms with E-state index in [1.807, 2.05) is 19.1 Å². The minimum absolute atomic E-state index is 0.0576. The first-order valence-corrected chi connectivity index (χ1v) is 8.07. The minimum atomic E-state index is -0.0576. The number of nitrogens with one attached hydrogen (secondary N) is 1. The van der Waals surface area contributed by atoms with Gasteiger partial charge in [-0.1, -0.05) is 41.4 Å². The van der Waals surface area contributed by atoms with Gasteiger partial charge >= 0.3 is 0 Å². The second-order valence-electron chi connectivity index (χ2n) is 5.04. The standard InChI is InChI=1S/C15H21BrClNO/c1-4-15(5-2,9-16)10-18-14(19)12-6-11(3)7-13(17)8-12/h6-8H,4-5,9-10H2,1-3H3,(H,18,19). The van der Waals surface area contributed by atoms with Gasteiger partial charge in [0.15, 0.2) is 0 Å². The number of amides is 1. The molecule has 1 rings (SSSR count). The van der Waals surface area contributed by atoms with E-state index in [1.165, 1.54) is 0 Å². The van der Waals surface area contributed by atoms with Crippen LogP contribution in [0.2, 0.25) is 5.02 Å². The first kappa shape index (κ1) is 16.5. The maximum absolute atomic E-state index is 12.2. The van der Waals surface area contributed by atoms with Crippen LogP contribution in [0.5, 0.6) is 0 Å². The Morgan fingerprint density at radius 1 is 1.32 bits per heavy atom. The molecule has 4 heteroatoms. The van der Waals surface area contributed by atoms with E-state index in [4.69, 9.17) is 11.6 Å². The zero-order chi connectivity index (χ0) is 14.5. The lowest BCUT2D eigenvalue weighted by molar-refractivity contribution is 0.0932. The van der Waals surface area contributed by atoms with Crippen LogP contribution in [0.3, 0.4) is 0 Å². The zero-order valence-electron chi connectivity index (χ0n) is 11.7. The zero-order valence-corrected chi connectivity index (χ0v) is 14.1. The van der Waals surface area contributed by atoms with Gasteiger partial charge in [-0.25, -0.2) is 0 Å². The van der Waals surface area contributed by atoms with E-state index >= 15 is 0 Å². The van der Waals surface area contributed by atoms with Gasteiger partial charge in [0, 0.05) is 22.5 Å². The summed E-state index contributed by atoms with van der Waals surface area (Å²) in [6.07, 6.45) is 2.06. The number of aryl methyl sites for hydroxylation is 1. The number of alkyl halides is 1. The summed E-state index contributed by atoms with van der Waals surface area (Å²) in [6, 6.07) is 5.41. The molecule has 1 aromatic rings. The van der Waals surface area contributed by atoms with Gasteiger partial charge in [-0.3, -0.25) is 4.79 Å². The summed E-state index contributed by atoms with van der Waals surface area (Å²) in [4.78, 5) is 12.2. The summed E-state index contributed by atoms with van der Waals surface area (Å²) in [5, 5.41) is 4.51. The quantitative estimate of drug-likeness (QED) is 0.751. The number of carbonyl (C=O) groups excluding carboxylic acids is 1. The predicted octanol–water partition coefficient (Wildman–Crippen LogP) is 4.58. The molecule has 1 amide bonds. The van der Waals surface area contributed by atoms with Crippen LogP contribution in [-0.2, 0) is 0 Å². The summed E-state index contributed by atoms with van der Waals surface area (Å²) in [7, 11) is 0. The van der Waals surface area contributed by atoms with Crippen LogP contribution in [0.25, 0.3) is 0 Å². The molecule has 0 aromatic heterocycles. The highest BCUT2D eigenvalue weighted by atomic mass is 79.9. The third-order valence-electron chi connectivity index (χ3n) is 3.71. The molecule has 0 atom stereocenters. The Bertz CT molecular complexity index is 415. The third-order valence-corrected chi connectivity index (χ3v) is 5.12. The van der Waals surface area contributed by atoms with Crippen molar-refractivity contribution in [3.63, 3.8) is 0 Å². The third kappa shape index (κ3) is 4.50. The second kappa shape index (κ2) is 7.30. The number of hydrogen-bond donors (Lipinski definition) is 1. The average molecular weight is 347 g/mol. The predicted molar refractivity (Wildman–Crippen MR) is 85.3 cm³/mol. The molecule has 0 heterocycles. The van der Waals surface area contributed by atoms with Gasteiger partial charge < -0.3 is 5.32 Å². The fourth-order valence-corrected chi connectivity index (χ4v) is 3.25. The first-order valence-electron chi connectivity index (χ1n) is 6.57. The summed E-state index contributed by atoms with van der Waals surface area (Å²) in [5.74, 6) is -0.0576. The average Bonchev–Trinajstić information content (AvgIpc) is 2.39. The normalized spacial score (nSPS) is 11.4. The summed E-state index contributed by atoms with van der Waals surface area (Å²) >= 11 is 9.53. The molecule has 0 bridgehead atoms. The van der Waals surface area contributed by atoms with Gasteiger partial charge in [-0.05, 0) is 48.9 Å². The van der Waals surface area contributed by atoms with E-state index in [9.17, 15) is 4.79 Å². The molecule has 0 radical (unpaired) electrons. The number of rotatable bonds is 6. The van der Waals surface area contributed by atoms with Crippen LogP contribution in [-0.4, -0.2) is 17.8 Å². The molecule has 19 heavy (non-hydrogen) atoms. The SMILES string of the molecule is CCC(CC)(CBr)CNC(=O)c1cc(C)cc(Cl)c1. The van der Waals surface area contributed by atoms with Crippen LogP contribution in [0.1, 0.15) is 42.6 Å². The fraction of sp³-hybridized carbons (Fsp3) is 0.533. The summed E-state index contributed by atoms with van der Waals surface area (Å²) in [6.45, 7) is 6.92. The van der Waals surface area contributed by atoms with Crippen molar-refractivity contribution in [1.29, 1.82) is 0 Å². The Morgan fingerprint density at radius 3 is 2.42 bits per heavy atom. The molecule has 0 fully saturated rings. The van der Waals surface area contributed by atoms with Gasteiger partial charge in [0.25, 0.3) is 5.91 Å². The van der Waals surface area contributed by atoms with Crippen molar-refractivity contribution in [2.45, 2.75) is 33.6 Å². The first-order chi connectivity index (χ1) is 8.96. The van der Waals surface area contributed by atoms with Crippen molar-refractivity contribution < 1.29 is 4.79 Å². The van der Waals surface area contributed by atoms with Crippen LogP contribution in [0.4, 0.5) is 0 Å². The van der Waals surface area contributed by atoms with Gasteiger partial charge in [-0.2, -0.15) is 0 Å². The van der Waals surface area contributed by atoms with Gasteiger partial charge in [0.05, 0.1) is 0 Å². The van der Waals surface area contributed by atoms with Crippen molar-refractivity contribution >= 4 is 33.4 Å². The topological polar surface area (TPSA) is 29.1 Å². The molecule has 106 valence electrons. The lowest BCUT2D eigenvalue weighted by Gasteiger charge is -2.29. The monoisotopic (exact) mass is 345 g/mol. The van der Waals surface area contributed by atoms with Crippen LogP contribution in [0, 0.1) is 12.3 Å². The van der Waals surface area contributed by atoms with E-state index in [1.54, 1.807) is 6.07 Å². The number of hydrogen-bond acceptors (Lipinski definition) is 1. The molecule has 0 aliphatic heterocycles. The van der Waals surface area contributed by atoms with E-state index in [-0.39, 0.29) is 11.3 Å². The highest BCUT2D eigenvalue weighted by molar-refractivity contribution is 9.09. The molecule has 1 N–H and O–H groups in total. The molecular weight excluding hydrogens is 326 g/mol. The number of halogens is 2. The molecule has 0 aliphatic carbocycles. The lowest BCUT2D eigenvalue weighted by atomic mass is 9.84. The Labute approximate surface area is 129 Å². The minimum Gasteiger partial charge on any atom is -0.351 e. The summed E-state index contributed by atoms with van der Waals surface area (Å²) in [5.41, 5.74) is 1.75. The van der Waals surface area contributed by atoms with Crippen molar-refractivity contribution in [2.24, 2.45) is 5.41 Å². The van der Waals surface area contributed by atoms with Gasteiger partial charge in [-0.15, -0.1) is 0 Å².